The summed E-state index contributed by atoms with van der Waals surface area (Å²) in [6.07, 6.45) is -3.88. The van der Waals surface area contributed by atoms with E-state index in [1.807, 2.05) is 67.6 Å². The first-order valence-corrected chi connectivity index (χ1v) is 12.0. The fourth-order valence-electron chi connectivity index (χ4n) is 3.74. The first kappa shape index (κ1) is 24.4. The van der Waals surface area contributed by atoms with Crippen molar-refractivity contribution in [2.24, 2.45) is 0 Å². The minimum Gasteiger partial charge on any atom is -0.452 e. The van der Waals surface area contributed by atoms with Crippen molar-refractivity contribution in [2.75, 3.05) is 6.61 Å². The second-order valence-corrected chi connectivity index (χ2v) is 9.32. The van der Waals surface area contributed by atoms with E-state index < -0.39 is 42.4 Å². The second-order valence-electron chi connectivity index (χ2n) is 8.14. The van der Waals surface area contributed by atoms with E-state index in [2.05, 4.69) is 0 Å². The van der Waals surface area contributed by atoms with Gasteiger partial charge in [-0.1, -0.05) is 78.0 Å². The van der Waals surface area contributed by atoms with Gasteiger partial charge in [-0.05, 0) is 36.8 Å². The van der Waals surface area contributed by atoms with Gasteiger partial charge in [-0.25, -0.2) is 4.79 Å². The van der Waals surface area contributed by atoms with Gasteiger partial charge in [-0.15, -0.1) is 0 Å². The minimum atomic E-state index is -1.18. The summed E-state index contributed by atoms with van der Waals surface area (Å²) in [6.45, 7) is 1.82. The lowest BCUT2D eigenvalue weighted by atomic mass is 9.99. The predicted octanol–water partition coefficient (Wildman–Crippen LogP) is 3.98. The number of aliphatic hydroxyl groups is 2. The predicted molar refractivity (Wildman–Crippen MR) is 129 cm³/mol. The Morgan fingerprint density at radius 1 is 0.941 bits per heavy atom. The first-order chi connectivity index (χ1) is 16.5. The molecule has 0 aliphatic carbocycles. The molecule has 1 aliphatic heterocycles. The molecule has 1 aliphatic rings. The molecule has 2 N–H and O–H groups in total. The lowest BCUT2D eigenvalue weighted by Crippen LogP contribution is -2.59. The van der Waals surface area contributed by atoms with Crippen LogP contribution < -0.4 is 0 Å². The van der Waals surface area contributed by atoms with Crippen molar-refractivity contribution in [3.63, 3.8) is 0 Å². The number of aryl methyl sites for hydroxylation is 1. The van der Waals surface area contributed by atoms with Gasteiger partial charge in [0.1, 0.15) is 23.7 Å². The Morgan fingerprint density at radius 3 is 2.24 bits per heavy atom. The van der Waals surface area contributed by atoms with E-state index in [1.54, 1.807) is 24.3 Å². The molecular weight excluding hydrogens is 452 g/mol. The molecule has 0 bridgehead atoms. The van der Waals surface area contributed by atoms with E-state index in [0.29, 0.717) is 5.56 Å². The van der Waals surface area contributed by atoms with Crippen LogP contribution in [0.1, 0.15) is 21.5 Å². The summed E-state index contributed by atoms with van der Waals surface area (Å²) in [5, 5.41) is 20.8. The number of ether oxygens (including phenoxy) is 3. The second kappa shape index (κ2) is 11.6. The van der Waals surface area contributed by atoms with Crippen molar-refractivity contribution in [1.82, 2.24) is 0 Å². The maximum Gasteiger partial charge on any atom is 0.338 e. The molecule has 3 aromatic carbocycles. The van der Waals surface area contributed by atoms with Crippen molar-refractivity contribution in [2.45, 2.75) is 48.3 Å². The zero-order valence-corrected chi connectivity index (χ0v) is 19.6. The van der Waals surface area contributed by atoms with Gasteiger partial charge < -0.3 is 24.4 Å². The molecule has 3 aromatic rings. The lowest BCUT2D eigenvalue weighted by Gasteiger charge is -2.43. The van der Waals surface area contributed by atoms with Crippen molar-refractivity contribution in [3.8, 4) is 0 Å². The normalized spacial score (nSPS) is 24.5. The third kappa shape index (κ3) is 6.05. The number of benzene rings is 3. The standard InChI is InChI=1S/C27H28O6S/c1-18-12-14-21(15-13-18)34-27-25(33-26(30)20-10-6-3-7-11-20)24(23(29)22(16-28)32-27)31-17-19-8-4-2-5-9-19/h2-15,22-25,27-29H,16-17H2,1H3/t22?,23-,24?,25+,27-/m1/s1. The van der Waals surface area contributed by atoms with Crippen LogP contribution in [0.2, 0.25) is 0 Å². The van der Waals surface area contributed by atoms with E-state index in [0.717, 1.165) is 16.0 Å². The summed E-state index contributed by atoms with van der Waals surface area (Å²) in [6, 6.07) is 26.1. The highest BCUT2D eigenvalue weighted by Crippen LogP contribution is 2.36. The van der Waals surface area contributed by atoms with Gasteiger partial charge in [-0.3, -0.25) is 0 Å². The number of aliphatic hydroxyl groups excluding tert-OH is 2. The highest BCUT2D eigenvalue weighted by molar-refractivity contribution is 7.99. The molecular formula is C27H28O6S. The van der Waals surface area contributed by atoms with E-state index in [1.165, 1.54) is 11.8 Å². The van der Waals surface area contributed by atoms with Crippen LogP contribution >= 0.6 is 11.8 Å². The number of thioether (sulfide) groups is 1. The highest BCUT2D eigenvalue weighted by Gasteiger charge is 2.48. The topological polar surface area (TPSA) is 85.2 Å². The monoisotopic (exact) mass is 480 g/mol. The summed E-state index contributed by atoms with van der Waals surface area (Å²) in [7, 11) is 0. The largest absolute Gasteiger partial charge is 0.452 e. The van der Waals surface area contributed by atoms with Crippen LogP contribution in [-0.2, 0) is 20.8 Å². The van der Waals surface area contributed by atoms with Crippen LogP contribution in [0.5, 0.6) is 0 Å². The van der Waals surface area contributed by atoms with Gasteiger partial charge in [-0.2, -0.15) is 0 Å². The fourth-order valence-corrected chi connectivity index (χ4v) is 4.84. The number of esters is 1. The number of carbonyl (C=O) groups excluding carboxylic acids is 1. The molecule has 7 heteroatoms. The van der Waals surface area contributed by atoms with Crippen LogP contribution in [-0.4, -0.2) is 52.6 Å². The molecule has 1 fully saturated rings. The van der Waals surface area contributed by atoms with E-state index in [9.17, 15) is 15.0 Å². The molecule has 0 radical (unpaired) electrons. The number of hydrogen-bond donors (Lipinski definition) is 2. The molecule has 0 amide bonds. The molecule has 2 unspecified atom stereocenters. The number of rotatable bonds is 8. The minimum absolute atomic E-state index is 0.210. The number of hydrogen-bond acceptors (Lipinski definition) is 7. The average Bonchev–Trinajstić information content (AvgIpc) is 2.87. The smallest absolute Gasteiger partial charge is 0.338 e. The van der Waals surface area contributed by atoms with Crippen LogP contribution in [0.4, 0.5) is 0 Å². The molecule has 4 rings (SSSR count). The number of carbonyl (C=O) groups is 1. The van der Waals surface area contributed by atoms with Gasteiger partial charge in [0.2, 0.25) is 0 Å². The Kier molecular flexibility index (Phi) is 8.37. The van der Waals surface area contributed by atoms with Crippen LogP contribution in [0.3, 0.4) is 0 Å². The molecule has 1 saturated heterocycles. The molecule has 178 valence electrons. The molecule has 1 heterocycles. The molecule has 0 spiro atoms. The van der Waals surface area contributed by atoms with Gasteiger partial charge in [0.25, 0.3) is 0 Å². The molecule has 34 heavy (non-hydrogen) atoms. The Balaban J connectivity index is 1.61. The Bertz CT molecular complexity index is 1040. The van der Waals surface area contributed by atoms with Crippen LogP contribution in [0, 0.1) is 6.92 Å². The lowest BCUT2D eigenvalue weighted by molar-refractivity contribution is -0.223. The average molecular weight is 481 g/mol. The first-order valence-electron chi connectivity index (χ1n) is 11.1. The Morgan fingerprint density at radius 2 is 1.59 bits per heavy atom. The van der Waals surface area contributed by atoms with Gasteiger partial charge in [0, 0.05) is 4.90 Å². The van der Waals surface area contributed by atoms with Gasteiger partial charge in [0.15, 0.2) is 6.10 Å². The Labute approximate surface area is 203 Å². The summed E-state index contributed by atoms with van der Waals surface area (Å²) in [5.74, 6) is -0.535. The SMILES string of the molecule is Cc1ccc(S[C@H]2OC(CO)[C@@H](O)C(OCc3ccccc3)[C@@H]2OC(=O)c2ccccc2)cc1. The molecule has 0 aromatic heterocycles. The summed E-state index contributed by atoms with van der Waals surface area (Å²) in [5.41, 5.74) is 1.73. The summed E-state index contributed by atoms with van der Waals surface area (Å²) >= 11 is 1.36. The fraction of sp³-hybridized carbons (Fsp3) is 0.296. The molecule has 0 saturated carbocycles. The summed E-state index contributed by atoms with van der Waals surface area (Å²) < 4.78 is 18.0. The van der Waals surface area contributed by atoms with Crippen molar-refractivity contribution in [1.29, 1.82) is 0 Å². The maximum absolute atomic E-state index is 13.0. The zero-order valence-electron chi connectivity index (χ0n) is 18.8. The van der Waals surface area contributed by atoms with Gasteiger partial charge in [0.05, 0.1) is 18.8 Å². The van der Waals surface area contributed by atoms with Crippen molar-refractivity contribution >= 4 is 17.7 Å². The van der Waals surface area contributed by atoms with E-state index >= 15 is 0 Å². The molecule has 5 atom stereocenters. The zero-order chi connectivity index (χ0) is 23.9. The third-order valence-corrected chi connectivity index (χ3v) is 6.77. The third-order valence-electron chi connectivity index (χ3n) is 5.61. The highest BCUT2D eigenvalue weighted by atomic mass is 32.2. The van der Waals surface area contributed by atoms with Crippen molar-refractivity contribution < 1.29 is 29.2 Å². The van der Waals surface area contributed by atoms with Gasteiger partial charge >= 0.3 is 5.97 Å². The van der Waals surface area contributed by atoms with Crippen molar-refractivity contribution in [3.05, 3.63) is 102 Å². The maximum atomic E-state index is 13.0. The van der Waals surface area contributed by atoms with Crippen LogP contribution in [0.15, 0.2) is 89.8 Å². The van der Waals surface area contributed by atoms with E-state index in [-0.39, 0.29) is 6.61 Å². The van der Waals surface area contributed by atoms with E-state index in [4.69, 9.17) is 14.2 Å². The van der Waals surface area contributed by atoms with Crippen LogP contribution in [0.25, 0.3) is 0 Å². The molecule has 6 nitrogen and oxygen atoms in total. The summed E-state index contributed by atoms with van der Waals surface area (Å²) in [4.78, 5) is 13.9. The Hall–Kier alpha value is -2.68. The quantitative estimate of drug-likeness (QED) is 0.472.